The van der Waals surface area contributed by atoms with Crippen LogP contribution in [0.3, 0.4) is 0 Å². The molecular formula is C19H19ClF2N2O4S. The van der Waals surface area contributed by atoms with Crippen molar-refractivity contribution >= 4 is 33.2 Å². The molecule has 0 saturated carbocycles. The normalized spacial score (nSPS) is 17.7. The van der Waals surface area contributed by atoms with Crippen LogP contribution < -0.4 is 10.1 Å². The lowest BCUT2D eigenvalue weighted by Crippen LogP contribution is -2.43. The average Bonchev–Trinajstić information content (AvgIpc) is 2.70. The van der Waals surface area contributed by atoms with Crippen molar-refractivity contribution in [3.8, 4) is 5.75 Å². The molecule has 1 saturated heterocycles. The zero-order chi connectivity index (χ0) is 21.2. The number of piperidine rings is 1. The second-order valence-corrected chi connectivity index (χ2v) is 8.93. The van der Waals surface area contributed by atoms with Gasteiger partial charge >= 0.3 is 0 Å². The number of hydrogen-bond acceptors (Lipinski definition) is 4. The number of halogens is 3. The average molecular weight is 445 g/mol. The molecule has 1 heterocycles. The van der Waals surface area contributed by atoms with Gasteiger partial charge in [0.15, 0.2) is 0 Å². The van der Waals surface area contributed by atoms with Crippen LogP contribution in [0.2, 0.25) is 5.02 Å². The summed E-state index contributed by atoms with van der Waals surface area (Å²) >= 11 is 5.72. The number of carbonyl (C=O) groups excluding carboxylic acids is 1. The Balaban J connectivity index is 1.78. The second kappa shape index (κ2) is 8.64. The number of hydrogen-bond donors (Lipinski definition) is 1. The van der Waals surface area contributed by atoms with Gasteiger partial charge in [-0.25, -0.2) is 17.2 Å². The lowest BCUT2D eigenvalue weighted by Gasteiger charge is -2.31. The molecule has 0 radical (unpaired) electrons. The number of methoxy groups -OCH3 is 1. The Morgan fingerprint density at radius 1 is 1.24 bits per heavy atom. The zero-order valence-electron chi connectivity index (χ0n) is 15.5. The minimum Gasteiger partial charge on any atom is -0.495 e. The van der Waals surface area contributed by atoms with Gasteiger partial charge in [0.25, 0.3) is 0 Å². The van der Waals surface area contributed by atoms with Gasteiger partial charge in [0, 0.05) is 18.8 Å². The smallest absolute Gasteiger partial charge is 0.246 e. The van der Waals surface area contributed by atoms with E-state index in [0.29, 0.717) is 18.5 Å². The summed E-state index contributed by atoms with van der Waals surface area (Å²) in [6.07, 6.45) is 0.937. The van der Waals surface area contributed by atoms with Gasteiger partial charge < -0.3 is 10.1 Å². The molecule has 0 bridgehead atoms. The number of ether oxygens (including phenoxy) is 1. The fraction of sp³-hybridized carbons (Fsp3) is 0.316. The first kappa shape index (κ1) is 21.5. The molecule has 1 N–H and O–H groups in total. The fourth-order valence-electron chi connectivity index (χ4n) is 3.18. The van der Waals surface area contributed by atoms with Crippen molar-refractivity contribution in [2.45, 2.75) is 17.7 Å². The number of benzene rings is 2. The Kier molecular flexibility index (Phi) is 6.40. The maximum Gasteiger partial charge on any atom is 0.246 e. The number of nitrogens with zero attached hydrogens (tertiary/aromatic N) is 1. The van der Waals surface area contributed by atoms with Crippen molar-refractivity contribution in [2.75, 3.05) is 25.5 Å². The highest BCUT2D eigenvalue weighted by atomic mass is 35.5. The van der Waals surface area contributed by atoms with Crippen molar-refractivity contribution in [3.05, 3.63) is 53.1 Å². The molecule has 1 aliphatic rings. The molecular weight excluding hydrogens is 426 g/mol. The Hall–Kier alpha value is -2.23. The Morgan fingerprint density at radius 2 is 2.00 bits per heavy atom. The quantitative estimate of drug-likeness (QED) is 0.763. The second-order valence-electron chi connectivity index (χ2n) is 6.62. The number of rotatable bonds is 5. The third kappa shape index (κ3) is 4.68. The molecule has 0 aromatic heterocycles. The van der Waals surface area contributed by atoms with Crippen molar-refractivity contribution in [2.24, 2.45) is 5.92 Å². The summed E-state index contributed by atoms with van der Waals surface area (Å²) in [5, 5.41) is 2.50. The highest BCUT2D eigenvalue weighted by Gasteiger charge is 2.35. The van der Waals surface area contributed by atoms with E-state index >= 15 is 0 Å². The first-order valence-corrected chi connectivity index (χ1v) is 10.6. The van der Waals surface area contributed by atoms with E-state index in [0.717, 1.165) is 22.5 Å². The third-order valence-electron chi connectivity index (χ3n) is 4.69. The van der Waals surface area contributed by atoms with Crippen molar-refractivity contribution in [3.63, 3.8) is 0 Å². The van der Waals surface area contributed by atoms with Crippen LogP contribution in [0.5, 0.6) is 5.75 Å². The molecule has 2 aromatic rings. The van der Waals surface area contributed by atoms with E-state index in [1.807, 2.05) is 0 Å². The van der Waals surface area contributed by atoms with Gasteiger partial charge in [0.1, 0.15) is 22.3 Å². The van der Waals surface area contributed by atoms with E-state index in [1.54, 1.807) is 0 Å². The summed E-state index contributed by atoms with van der Waals surface area (Å²) in [6.45, 7) is 0.136. The van der Waals surface area contributed by atoms with Crippen LogP contribution in [0, 0.1) is 17.6 Å². The van der Waals surface area contributed by atoms with Gasteiger partial charge in [-0.2, -0.15) is 4.31 Å². The van der Waals surface area contributed by atoms with Crippen LogP contribution in [-0.2, 0) is 14.8 Å². The Morgan fingerprint density at radius 3 is 2.69 bits per heavy atom. The predicted molar refractivity (Wildman–Crippen MR) is 104 cm³/mol. The van der Waals surface area contributed by atoms with Crippen LogP contribution in [0.25, 0.3) is 0 Å². The van der Waals surface area contributed by atoms with Gasteiger partial charge in [0.2, 0.25) is 15.9 Å². The van der Waals surface area contributed by atoms with E-state index in [4.69, 9.17) is 16.3 Å². The SMILES string of the molecule is COc1ccc(F)cc1S(=O)(=O)N1CCC[C@H](C(=O)Nc2ccc(F)c(Cl)c2)C1. The summed E-state index contributed by atoms with van der Waals surface area (Å²) in [4.78, 5) is 12.3. The fourth-order valence-corrected chi connectivity index (χ4v) is 5.06. The van der Waals surface area contributed by atoms with Crippen LogP contribution in [0.4, 0.5) is 14.5 Å². The first-order valence-electron chi connectivity index (χ1n) is 8.82. The summed E-state index contributed by atoms with van der Waals surface area (Å²) in [5.41, 5.74) is 0.313. The standard InChI is InChI=1S/C19H19ClF2N2O4S/c1-28-17-7-4-13(21)9-18(17)29(26,27)24-8-2-3-12(11-24)19(25)23-14-5-6-16(22)15(20)10-14/h4-7,9-10,12H,2-3,8,11H2,1H3,(H,23,25)/t12-/m0/s1. The van der Waals surface area contributed by atoms with Crippen molar-refractivity contribution in [1.29, 1.82) is 0 Å². The molecule has 0 spiro atoms. The predicted octanol–water partition coefficient (Wildman–Crippen LogP) is 3.67. The molecule has 2 aromatic carbocycles. The highest BCUT2D eigenvalue weighted by Crippen LogP contribution is 2.31. The van der Waals surface area contributed by atoms with E-state index in [-0.39, 0.29) is 28.8 Å². The number of sulfonamides is 1. The summed E-state index contributed by atoms with van der Waals surface area (Å²) in [6, 6.07) is 7.04. The molecule has 0 aliphatic carbocycles. The molecule has 29 heavy (non-hydrogen) atoms. The molecule has 156 valence electrons. The third-order valence-corrected chi connectivity index (χ3v) is 6.86. The van der Waals surface area contributed by atoms with Gasteiger partial charge in [-0.1, -0.05) is 11.6 Å². The van der Waals surface area contributed by atoms with Crippen LogP contribution in [0.1, 0.15) is 12.8 Å². The van der Waals surface area contributed by atoms with Crippen molar-refractivity contribution in [1.82, 2.24) is 4.31 Å². The monoisotopic (exact) mass is 444 g/mol. The molecule has 0 unspecified atom stereocenters. The van der Waals surface area contributed by atoms with E-state index < -0.39 is 33.5 Å². The topological polar surface area (TPSA) is 75.7 Å². The van der Waals surface area contributed by atoms with E-state index in [1.165, 1.54) is 25.3 Å². The molecule has 1 fully saturated rings. The highest BCUT2D eigenvalue weighted by molar-refractivity contribution is 7.89. The van der Waals surface area contributed by atoms with Crippen molar-refractivity contribution < 1.29 is 26.7 Å². The van der Waals surface area contributed by atoms with Gasteiger partial charge in [-0.05, 0) is 49.2 Å². The van der Waals surface area contributed by atoms with Gasteiger partial charge in [-0.3, -0.25) is 4.79 Å². The summed E-state index contributed by atoms with van der Waals surface area (Å²) in [7, 11) is -2.76. The molecule has 6 nitrogen and oxygen atoms in total. The molecule has 1 aliphatic heterocycles. The number of carbonyl (C=O) groups is 1. The Bertz CT molecular complexity index is 1030. The maximum atomic E-state index is 13.6. The maximum absolute atomic E-state index is 13.6. The largest absolute Gasteiger partial charge is 0.495 e. The number of anilines is 1. The Labute approximate surface area is 172 Å². The summed E-state index contributed by atoms with van der Waals surface area (Å²) < 4.78 is 59.2. The molecule has 1 atom stereocenters. The summed E-state index contributed by atoms with van der Waals surface area (Å²) in [5.74, 6) is -2.31. The molecule has 3 rings (SSSR count). The van der Waals surface area contributed by atoms with E-state index in [2.05, 4.69) is 5.32 Å². The lowest BCUT2D eigenvalue weighted by molar-refractivity contribution is -0.120. The van der Waals surface area contributed by atoms with Gasteiger partial charge in [-0.15, -0.1) is 0 Å². The lowest BCUT2D eigenvalue weighted by atomic mass is 9.99. The van der Waals surface area contributed by atoms with Gasteiger partial charge in [0.05, 0.1) is 18.1 Å². The molecule has 10 heteroatoms. The first-order chi connectivity index (χ1) is 13.7. The van der Waals surface area contributed by atoms with E-state index in [9.17, 15) is 22.0 Å². The number of amides is 1. The number of nitrogens with one attached hydrogen (secondary N) is 1. The van der Waals surface area contributed by atoms with Crippen LogP contribution in [0.15, 0.2) is 41.3 Å². The zero-order valence-corrected chi connectivity index (χ0v) is 17.1. The van der Waals surface area contributed by atoms with Crippen LogP contribution in [-0.4, -0.2) is 38.8 Å². The minimum absolute atomic E-state index is 0.0268. The van der Waals surface area contributed by atoms with Crippen LogP contribution >= 0.6 is 11.6 Å². The minimum atomic E-state index is -4.06. The molecule has 1 amide bonds.